The first kappa shape index (κ1) is 9.93. The molecule has 1 N–H and O–H groups in total. The molecule has 1 fully saturated rings. The van der Waals surface area contributed by atoms with E-state index in [9.17, 15) is 4.39 Å². The van der Waals surface area contributed by atoms with Gasteiger partial charge in [-0.05, 0) is 19.3 Å². The van der Waals surface area contributed by atoms with Gasteiger partial charge in [0.1, 0.15) is 5.67 Å². The van der Waals surface area contributed by atoms with Crippen molar-refractivity contribution in [1.29, 1.82) is 0 Å². The summed E-state index contributed by atoms with van der Waals surface area (Å²) in [6.07, 6.45) is 0.630. The van der Waals surface area contributed by atoms with Crippen molar-refractivity contribution in [3.8, 4) is 0 Å². The van der Waals surface area contributed by atoms with E-state index < -0.39 is 5.67 Å². The number of rotatable bonds is 3. The Kier molecular flexibility index (Phi) is 3.07. The Labute approximate surface area is 73.4 Å². The molecule has 0 radical (unpaired) electrons. The van der Waals surface area contributed by atoms with Crippen molar-refractivity contribution in [2.45, 2.75) is 25.9 Å². The molecular weight excluding hydrogens is 157 g/mol. The third-order valence-electron chi connectivity index (χ3n) is 2.38. The van der Waals surface area contributed by atoms with Crippen LogP contribution in [-0.2, 0) is 0 Å². The van der Waals surface area contributed by atoms with E-state index in [1.54, 1.807) is 6.92 Å². The Balaban J connectivity index is 2.28. The Morgan fingerprint density at radius 2 is 2.33 bits per heavy atom. The predicted octanol–water partition coefficient (Wildman–Crippen LogP) is 1.05. The Bertz CT molecular complexity index is 149. The number of hydrogen-bond donors (Lipinski definition) is 1. The molecule has 1 saturated heterocycles. The first-order chi connectivity index (χ1) is 5.53. The number of likely N-dealkylation sites (tertiary alicyclic amines) is 1. The second-order valence-electron chi connectivity index (χ2n) is 4.19. The lowest BCUT2D eigenvalue weighted by Gasteiger charge is -2.19. The van der Waals surface area contributed by atoms with E-state index in [2.05, 4.69) is 4.90 Å². The molecule has 1 heterocycles. The number of aliphatic hydroxyl groups is 1. The van der Waals surface area contributed by atoms with E-state index in [0.717, 1.165) is 13.1 Å². The molecule has 0 aliphatic carbocycles. The van der Waals surface area contributed by atoms with Gasteiger partial charge in [-0.3, -0.25) is 4.90 Å². The maximum absolute atomic E-state index is 13.3. The normalized spacial score (nSPS) is 34.0. The standard InChI is InChI=1S/C9H18FNO/c1-8(6-12)5-11-4-3-9(2,10)7-11/h8,12H,3-7H2,1-2H3. The molecule has 1 aliphatic heterocycles. The molecule has 0 bridgehead atoms. The zero-order valence-electron chi connectivity index (χ0n) is 7.89. The first-order valence-corrected chi connectivity index (χ1v) is 4.55. The summed E-state index contributed by atoms with van der Waals surface area (Å²) in [4.78, 5) is 2.08. The minimum absolute atomic E-state index is 0.194. The summed E-state index contributed by atoms with van der Waals surface area (Å²) in [6, 6.07) is 0. The Morgan fingerprint density at radius 1 is 1.67 bits per heavy atom. The fourth-order valence-corrected chi connectivity index (χ4v) is 1.67. The molecule has 0 aromatic heterocycles. The number of nitrogens with zero attached hydrogens (tertiary/aromatic N) is 1. The van der Waals surface area contributed by atoms with Crippen molar-refractivity contribution in [3.63, 3.8) is 0 Å². The van der Waals surface area contributed by atoms with Crippen LogP contribution in [0.2, 0.25) is 0 Å². The van der Waals surface area contributed by atoms with Crippen molar-refractivity contribution >= 4 is 0 Å². The third kappa shape index (κ3) is 2.72. The van der Waals surface area contributed by atoms with E-state index in [1.165, 1.54) is 0 Å². The van der Waals surface area contributed by atoms with Crippen LogP contribution in [0.3, 0.4) is 0 Å². The molecule has 1 aliphatic rings. The topological polar surface area (TPSA) is 23.5 Å². The van der Waals surface area contributed by atoms with Crippen LogP contribution in [0.15, 0.2) is 0 Å². The molecule has 0 amide bonds. The zero-order valence-corrected chi connectivity index (χ0v) is 7.89. The molecule has 0 aromatic carbocycles. The SMILES string of the molecule is CC(CO)CN1CCC(C)(F)C1. The number of halogens is 1. The second kappa shape index (κ2) is 3.71. The molecule has 0 spiro atoms. The molecule has 2 nitrogen and oxygen atoms in total. The molecular formula is C9H18FNO. The van der Waals surface area contributed by atoms with Crippen LogP contribution in [0.25, 0.3) is 0 Å². The van der Waals surface area contributed by atoms with E-state index >= 15 is 0 Å². The largest absolute Gasteiger partial charge is 0.396 e. The van der Waals surface area contributed by atoms with Crippen molar-refractivity contribution in [1.82, 2.24) is 4.90 Å². The van der Waals surface area contributed by atoms with Crippen molar-refractivity contribution in [2.75, 3.05) is 26.2 Å². The highest BCUT2D eigenvalue weighted by Gasteiger charge is 2.33. The van der Waals surface area contributed by atoms with Gasteiger partial charge >= 0.3 is 0 Å². The minimum Gasteiger partial charge on any atom is -0.396 e. The first-order valence-electron chi connectivity index (χ1n) is 4.55. The highest BCUT2D eigenvalue weighted by molar-refractivity contribution is 4.86. The average molecular weight is 175 g/mol. The molecule has 2 atom stereocenters. The van der Waals surface area contributed by atoms with Gasteiger partial charge in [-0.2, -0.15) is 0 Å². The van der Waals surface area contributed by atoms with Crippen LogP contribution in [-0.4, -0.2) is 41.9 Å². The maximum Gasteiger partial charge on any atom is 0.122 e. The summed E-state index contributed by atoms with van der Waals surface area (Å²) >= 11 is 0. The maximum atomic E-state index is 13.3. The van der Waals surface area contributed by atoms with Gasteiger partial charge < -0.3 is 5.11 Å². The summed E-state index contributed by atoms with van der Waals surface area (Å²) in [5, 5.41) is 8.80. The summed E-state index contributed by atoms with van der Waals surface area (Å²) in [5.74, 6) is 0.263. The second-order valence-corrected chi connectivity index (χ2v) is 4.19. The lowest BCUT2D eigenvalue weighted by molar-refractivity contribution is 0.159. The van der Waals surface area contributed by atoms with Gasteiger partial charge in [-0.15, -0.1) is 0 Å². The van der Waals surface area contributed by atoms with Gasteiger partial charge in [0.05, 0.1) is 0 Å². The van der Waals surface area contributed by atoms with Crippen molar-refractivity contribution in [3.05, 3.63) is 0 Å². The summed E-state index contributed by atoms with van der Waals surface area (Å²) in [6.45, 7) is 5.99. The van der Waals surface area contributed by atoms with Crippen LogP contribution in [0.4, 0.5) is 4.39 Å². The Hall–Kier alpha value is -0.150. The third-order valence-corrected chi connectivity index (χ3v) is 2.38. The molecule has 72 valence electrons. The van der Waals surface area contributed by atoms with E-state index in [-0.39, 0.29) is 12.5 Å². The lowest BCUT2D eigenvalue weighted by atomic mass is 10.1. The molecule has 0 aromatic rings. The van der Waals surface area contributed by atoms with Gasteiger partial charge in [0.15, 0.2) is 0 Å². The van der Waals surface area contributed by atoms with Crippen LogP contribution < -0.4 is 0 Å². The van der Waals surface area contributed by atoms with E-state index in [0.29, 0.717) is 13.0 Å². The van der Waals surface area contributed by atoms with Crippen LogP contribution in [0, 0.1) is 5.92 Å². The van der Waals surface area contributed by atoms with Gasteiger partial charge in [0, 0.05) is 26.2 Å². The van der Waals surface area contributed by atoms with Gasteiger partial charge in [0.2, 0.25) is 0 Å². The number of alkyl halides is 1. The number of hydrogen-bond acceptors (Lipinski definition) is 2. The van der Waals surface area contributed by atoms with Gasteiger partial charge in [0.25, 0.3) is 0 Å². The average Bonchev–Trinajstić information content (AvgIpc) is 2.30. The quantitative estimate of drug-likeness (QED) is 0.693. The molecule has 2 unspecified atom stereocenters. The number of aliphatic hydroxyl groups excluding tert-OH is 1. The fourth-order valence-electron chi connectivity index (χ4n) is 1.67. The van der Waals surface area contributed by atoms with Gasteiger partial charge in [-0.25, -0.2) is 4.39 Å². The summed E-state index contributed by atoms with van der Waals surface area (Å²) in [7, 11) is 0. The molecule has 0 saturated carbocycles. The minimum atomic E-state index is -1.00. The van der Waals surface area contributed by atoms with Crippen molar-refractivity contribution in [2.24, 2.45) is 5.92 Å². The zero-order chi connectivity index (χ0) is 9.19. The van der Waals surface area contributed by atoms with Crippen LogP contribution in [0.5, 0.6) is 0 Å². The van der Waals surface area contributed by atoms with Crippen LogP contribution in [0.1, 0.15) is 20.3 Å². The highest BCUT2D eigenvalue weighted by Crippen LogP contribution is 2.24. The van der Waals surface area contributed by atoms with E-state index in [1.807, 2.05) is 6.92 Å². The monoisotopic (exact) mass is 175 g/mol. The fraction of sp³-hybridized carbons (Fsp3) is 1.00. The Morgan fingerprint density at radius 3 is 2.75 bits per heavy atom. The van der Waals surface area contributed by atoms with Crippen molar-refractivity contribution < 1.29 is 9.50 Å². The summed E-state index contributed by atoms with van der Waals surface area (Å²) in [5.41, 5.74) is -1.00. The summed E-state index contributed by atoms with van der Waals surface area (Å²) < 4.78 is 13.3. The predicted molar refractivity (Wildman–Crippen MR) is 46.8 cm³/mol. The molecule has 3 heteroatoms. The molecule has 12 heavy (non-hydrogen) atoms. The smallest absolute Gasteiger partial charge is 0.122 e. The van der Waals surface area contributed by atoms with E-state index in [4.69, 9.17) is 5.11 Å². The van der Waals surface area contributed by atoms with Crippen LogP contribution >= 0.6 is 0 Å². The lowest BCUT2D eigenvalue weighted by Crippen LogP contribution is -2.30. The van der Waals surface area contributed by atoms with Gasteiger partial charge in [-0.1, -0.05) is 6.92 Å². The highest BCUT2D eigenvalue weighted by atomic mass is 19.1. The molecule has 1 rings (SSSR count).